The first-order chi connectivity index (χ1) is 15.4. The largest absolute Gasteiger partial charge is 0.325 e. The summed E-state index contributed by atoms with van der Waals surface area (Å²) < 4.78 is 1.79. The number of halogens is 1. The molecule has 1 aliphatic heterocycles. The van der Waals surface area contributed by atoms with E-state index in [0.29, 0.717) is 23.8 Å². The van der Waals surface area contributed by atoms with Crippen LogP contribution in [0.5, 0.6) is 0 Å². The summed E-state index contributed by atoms with van der Waals surface area (Å²) in [5.41, 5.74) is 2.57. The van der Waals surface area contributed by atoms with Gasteiger partial charge in [0.25, 0.3) is 5.91 Å². The standard InChI is InChI=1S/C25H25ClN4O2/c1-17-11-13-25(14-12-17)23(31)29(24(32)27-25)15-19-16-30(21-5-3-2-4-6-21)28-22(19)18-7-9-20(26)10-8-18/h2-10,16-17H,11-15H2,1H3,(H,27,32). The Bertz CT molecular complexity index is 1150. The molecule has 7 heteroatoms. The second-order valence-corrected chi connectivity index (χ2v) is 9.31. The summed E-state index contributed by atoms with van der Waals surface area (Å²) in [5, 5.41) is 8.44. The molecule has 0 unspecified atom stereocenters. The number of carbonyl (C=O) groups excluding carboxylic acids is 2. The van der Waals surface area contributed by atoms with Gasteiger partial charge in [-0.2, -0.15) is 5.10 Å². The molecule has 2 fully saturated rings. The summed E-state index contributed by atoms with van der Waals surface area (Å²) in [6.45, 7) is 2.37. The van der Waals surface area contributed by atoms with Crippen LogP contribution >= 0.6 is 11.6 Å². The van der Waals surface area contributed by atoms with E-state index < -0.39 is 5.54 Å². The monoisotopic (exact) mass is 448 g/mol. The summed E-state index contributed by atoms with van der Waals surface area (Å²) in [6, 6.07) is 16.9. The van der Waals surface area contributed by atoms with E-state index in [1.807, 2.05) is 60.8 Å². The molecule has 1 saturated heterocycles. The number of para-hydroxylation sites is 1. The minimum Gasteiger partial charge on any atom is -0.323 e. The highest BCUT2D eigenvalue weighted by Gasteiger charge is 2.52. The van der Waals surface area contributed by atoms with Gasteiger partial charge in [0.1, 0.15) is 5.54 Å². The Labute approximate surface area is 192 Å². The normalized spacial score (nSPS) is 23.1. The molecular weight excluding hydrogens is 424 g/mol. The summed E-state index contributed by atoms with van der Waals surface area (Å²) in [7, 11) is 0. The Morgan fingerprint density at radius 3 is 2.44 bits per heavy atom. The molecule has 0 atom stereocenters. The van der Waals surface area contributed by atoms with Gasteiger partial charge in [-0.05, 0) is 55.9 Å². The fraction of sp³-hybridized carbons (Fsp3) is 0.320. The summed E-state index contributed by atoms with van der Waals surface area (Å²) >= 11 is 6.08. The molecule has 164 valence electrons. The molecule has 32 heavy (non-hydrogen) atoms. The molecule has 0 bridgehead atoms. The maximum atomic E-state index is 13.4. The average molecular weight is 449 g/mol. The topological polar surface area (TPSA) is 67.2 Å². The van der Waals surface area contributed by atoms with Crippen molar-refractivity contribution >= 4 is 23.5 Å². The van der Waals surface area contributed by atoms with Crippen molar-refractivity contribution < 1.29 is 9.59 Å². The minimum atomic E-state index is -0.751. The van der Waals surface area contributed by atoms with Crippen LogP contribution in [0.4, 0.5) is 4.79 Å². The number of carbonyl (C=O) groups is 2. The number of nitrogens with zero attached hydrogens (tertiary/aromatic N) is 3. The van der Waals surface area contributed by atoms with Crippen molar-refractivity contribution in [3.8, 4) is 16.9 Å². The lowest BCUT2D eigenvalue weighted by atomic mass is 9.77. The molecule has 5 rings (SSSR count). The van der Waals surface area contributed by atoms with E-state index in [-0.39, 0.29) is 18.5 Å². The third-order valence-electron chi connectivity index (χ3n) is 6.63. The second-order valence-electron chi connectivity index (χ2n) is 8.88. The molecule has 2 heterocycles. The average Bonchev–Trinajstić information content (AvgIpc) is 3.32. The third-order valence-corrected chi connectivity index (χ3v) is 6.88. The van der Waals surface area contributed by atoms with Crippen molar-refractivity contribution in [1.29, 1.82) is 0 Å². The van der Waals surface area contributed by atoms with Gasteiger partial charge < -0.3 is 5.32 Å². The van der Waals surface area contributed by atoms with E-state index in [1.54, 1.807) is 4.68 Å². The third kappa shape index (κ3) is 3.69. The van der Waals surface area contributed by atoms with E-state index in [0.717, 1.165) is 35.3 Å². The van der Waals surface area contributed by atoms with Crippen molar-refractivity contribution in [2.75, 3.05) is 0 Å². The van der Waals surface area contributed by atoms with E-state index in [1.165, 1.54) is 4.90 Å². The zero-order valence-corrected chi connectivity index (χ0v) is 18.7. The van der Waals surface area contributed by atoms with E-state index in [4.69, 9.17) is 16.7 Å². The van der Waals surface area contributed by atoms with Crippen LogP contribution in [-0.4, -0.2) is 32.2 Å². The lowest BCUT2D eigenvalue weighted by Crippen LogP contribution is -2.49. The number of rotatable bonds is 4. The number of urea groups is 1. The highest BCUT2D eigenvalue weighted by Crippen LogP contribution is 2.37. The fourth-order valence-electron chi connectivity index (χ4n) is 4.67. The Balaban J connectivity index is 1.50. The highest BCUT2D eigenvalue weighted by molar-refractivity contribution is 6.30. The smallest absolute Gasteiger partial charge is 0.323 e. The molecule has 1 N–H and O–H groups in total. The molecule has 1 saturated carbocycles. The summed E-state index contributed by atoms with van der Waals surface area (Å²) in [4.78, 5) is 27.6. The Kier molecular flexibility index (Phi) is 5.25. The highest BCUT2D eigenvalue weighted by atomic mass is 35.5. The fourth-order valence-corrected chi connectivity index (χ4v) is 4.80. The predicted molar refractivity (Wildman–Crippen MR) is 123 cm³/mol. The Morgan fingerprint density at radius 2 is 1.75 bits per heavy atom. The van der Waals surface area contributed by atoms with Crippen LogP contribution < -0.4 is 5.32 Å². The van der Waals surface area contributed by atoms with Crippen LogP contribution in [0.15, 0.2) is 60.8 Å². The molecule has 3 amide bonds. The van der Waals surface area contributed by atoms with Gasteiger partial charge >= 0.3 is 6.03 Å². The first-order valence-corrected chi connectivity index (χ1v) is 11.4. The van der Waals surface area contributed by atoms with Crippen LogP contribution in [0.2, 0.25) is 5.02 Å². The maximum absolute atomic E-state index is 13.4. The predicted octanol–water partition coefficient (Wildman–Crippen LogP) is 5.19. The van der Waals surface area contributed by atoms with Gasteiger partial charge in [0.2, 0.25) is 0 Å². The maximum Gasteiger partial charge on any atom is 0.325 e. The number of hydrogen-bond donors (Lipinski definition) is 1. The Hall–Kier alpha value is -3.12. The van der Waals surface area contributed by atoms with Crippen molar-refractivity contribution in [2.45, 2.75) is 44.7 Å². The van der Waals surface area contributed by atoms with Gasteiger partial charge in [-0.3, -0.25) is 9.69 Å². The molecule has 2 aliphatic rings. The van der Waals surface area contributed by atoms with Crippen LogP contribution in [0.25, 0.3) is 16.9 Å². The van der Waals surface area contributed by atoms with Crippen molar-refractivity contribution in [3.63, 3.8) is 0 Å². The van der Waals surface area contributed by atoms with Gasteiger partial charge in [0.15, 0.2) is 0 Å². The van der Waals surface area contributed by atoms with Crippen molar-refractivity contribution in [3.05, 3.63) is 71.4 Å². The van der Waals surface area contributed by atoms with E-state index >= 15 is 0 Å². The van der Waals surface area contributed by atoms with Crippen LogP contribution in [-0.2, 0) is 11.3 Å². The van der Waals surface area contributed by atoms with Crippen LogP contribution in [0, 0.1) is 5.92 Å². The molecule has 2 aromatic carbocycles. The summed E-state index contributed by atoms with van der Waals surface area (Å²) in [5.74, 6) is 0.462. The lowest BCUT2D eigenvalue weighted by molar-refractivity contribution is -0.133. The number of benzene rings is 2. The van der Waals surface area contributed by atoms with Gasteiger partial charge in [-0.1, -0.05) is 48.9 Å². The van der Waals surface area contributed by atoms with Crippen LogP contribution in [0.1, 0.15) is 38.2 Å². The van der Waals surface area contributed by atoms with Gasteiger partial charge in [0, 0.05) is 22.3 Å². The molecule has 6 nitrogen and oxygen atoms in total. The molecule has 1 aliphatic carbocycles. The number of amides is 3. The molecule has 0 radical (unpaired) electrons. The van der Waals surface area contributed by atoms with Gasteiger partial charge in [-0.25, -0.2) is 9.48 Å². The van der Waals surface area contributed by atoms with Crippen molar-refractivity contribution in [1.82, 2.24) is 20.0 Å². The van der Waals surface area contributed by atoms with Crippen molar-refractivity contribution in [2.24, 2.45) is 5.92 Å². The number of imide groups is 1. The Morgan fingerprint density at radius 1 is 1.06 bits per heavy atom. The van der Waals surface area contributed by atoms with E-state index in [2.05, 4.69) is 12.2 Å². The zero-order valence-electron chi connectivity index (χ0n) is 17.9. The van der Waals surface area contributed by atoms with Gasteiger partial charge in [0.05, 0.1) is 17.9 Å². The zero-order chi connectivity index (χ0) is 22.3. The lowest BCUT2D eigenvalue weighted by Gasteiger charge is -2.33. The first-order valence-electron chi connectivity index (χ1n) is 11.0. The number of hydrogen-bond acceptors (Lipinski definition) is 3. The molecular formula is C25H25ClN4O2. The molecule has 1 spiro atoms. The summed E-state index contributed by atoms with van der Waals surface area (Å²) in [6.07, 6.45) is 5.18. The second kappa shape index (κ2) is 8.10. The SMILES string of the molecule is CC1CCC2(CC1)NC(=O)N(Cc1cn(-c3ccccc3)nc1-c1ccc(Cl)cc1)C2=O. The first kappa shape index (κ1) is 20.8. The van der Waals surface area contributed by atoms with Gasteiger partial charge in [-0.15, -0.1) is 0 Å². The number of nitrogens with one attached hydrogen (secondary N) is 1. The number of aromatic nitrogens is 2. The van der Waals surface area contributed by atoms with Crippen LogP contribution in [0.3, 0.4) is 0 Å². The minimum absolute atomic E-state index is 0.121. The van der Waals surface area contributed by atoms with E-state index in [9.17, 15) is 9.59 Å². The molecule has 1 aromatic heterocycles. The molecule has 3 aromatic rings. The quantitative estimate of drug-likeness (QED) is 0.558.